The third kappa shape index (κ3) is 2.70. The van der Waals surface area contributed by atoms with Gasteiger partial charge in [-0.3, -0.25) is 0 Å². The van der Waals surface area contributed by atoms with E-state index < -0.39 is 5.60 Å². The maximum Gasteiger partial charge on any atom is 0.0647 e. The van der Waals surface area contributed by atoms with Gasteiger partial charge in [0.1, 0.15) is 0 Å². The van der Waals surface area contributed by atoms with Gasteiger partial charge >= 0.3 is 0 Å². The highest BCUT2D eigenvalue weighted by molar-refractivity contribution is 4.89. The van der Waals surface area contributed by atoms with Crippen molar-refractivity contribution in [1.29, 1.82) is 0 Å². The van der Waals surface area contributed by atoms with Crippen LogP contribution >= 0.6 is 0 Å². The van der Waals surface area contributed by atoms with Gasteiger partial charge in [0, 0.05) is 0 Å². The standard InChI is InChI=1S/C12H24O/c1-10(2)12(4,13)9-11(3)7-5-6-8-11/h10,13H,5-9H2,1-4H3. The van der Waals surface area contributed by atoms with E-state index in [4.69, 9.17) is 0 Å². The summed E-state index contributed by atoms with van der Waals surface area (Å²) in [5, 5.41) is 10.2. The van der Waals surface area contributed by atoms with E-state index in [1.54, 1.807) is 0 Å². The molecule has 1 saturated carbocycles. The van der Waals surface area contributed by atoms with Crippen molar-refractivity contribution in [2.75, 3.05) is 0 Å². The molecule has 0 radical (unpaired) electrons. The number of hydrogen-bond donors (Lipinski definition) is 1. The summed E-state index contributed by atoms with van der Waals surface area (Å²) in [4.78, 5) is 0. The Hall–Kier alpha value is -0.0400. The largest absolute Gasteiger partial charge is 0.390 e. The molecule has 78 valence electrons. The highest BCUT2D eigenvalue weighted by Gasteiger charge is 2.37. The molecule has 0 aromatic heterocycles. The van der Waals surface area contributed by atoms with Crippen LogP contribution in [-0.4, -0.2) is 10.7 Å². The molecule has 1 atom stereocenters. The Balaban J connectivity index is 2.56. The zero-order valence-corrected chi connectivity index (χ0v) is 9.56. The average molecular weight is 184 g/mol. The van der Waals surface area contributed by atoms with Crippen molar-refractivity contribution < 1.29 is 5.11 Å². The minimum absolute atomic E-state index is 0.366. The predicted molar refractivity (Wildman–Crippen MR) is 56.7 cm³/mol. The summed E-state index contributed by atoms with van der Waals surface area (Å²) in [5.41, 5.74) is -0.0626. The van der Waals surface area contributed by atoms with E-state index >= 15 is 0 Å². The second-order valence-corrected chi connectivity index (χ2v) is 5.71. The Labute approximate surface area is 82.5 Å². The Bertz CT molecular complexity index is 161. The van der Waals surface area contributed by atoms with E-state index in [0.29, 0.717) is 11.3 Å². The van der Waals surface area contributed by atoms with Crippen LogP contribution in [0.1, 0.15) is 59.8 Å². The van der Waals surface area contributed by atoms with Gasteiger partial charge in [0.2, 0.25) is 0 Å². The van der Waals surface area contributed by atoms with Gasteiger partial charge in [-0.1, -0.05) is 33.6 Å². The van der Waals surface area contributed by atoms with Crippen LogP contribution in [0.3, 0.4) is 0 Å². The molecule has 1 fully saturated rings. The average Bonchev–Trinajstić information content (AvgIpc) is 2.34. The molecule has 13 heavy (non-hydrogen) atoms. The van der Waals surface area contributed by atoms with Crippen LogP contribution in [0.2, 0.25) is 0 Å². The molecule has 1 aliphatic rings. The number of rotatable bonds is 3. The first-order chi connectivity index (χ1) is 5.86. The summed E-state index contributed by atoms with van der Waals surface area (Å²) >= 11 is 0. The molecule has 1 aliphatic carbocycles. The van der Waals surface area contributed by atoms with Crippen molar-refractivity contribution in [3.63, 3.8) is 0 Å². The topological polar surface area (TPSA) is 20.2 Å². The van der Waals surface area contributed by atoms with Gasteiger partial charge in [0.25, 0.3) is 0 Å². The molecule has 0 spiro atoms. The number of hydrogen-bond acceptors (Lipinski definition) is 1. The van der Waals surface area contributed by atoms with Crippen LogP contribution < -0.4 is 0 Å². The van der Waals surface area contributed by atoms with E-state index in [1.807, 2.05) is 6.92 Å². The normalized spacial score (nSPS) is 26.3. The fraction of sp³-hybridized carbons (Fsp3) is 1.00. The van der Waals surface area contributed by atoms with Gasteiger partial charge in [-0.05, 0) is 37.5 Å². The van der Waals surface area contributed by atoms with Crippen molar-refractivity contribution in [2.24, 2.45) is 11.3 Å². The second-order valence-electron chi connectivity index (χ2n) is 5.71. The van der Waals surface area contributed by atoms with Gasteiger partial charge in [-0.15, -0.1) is 0 Å². The predicted octanol–water partition coefficient (Wildman–Crippen LogP) is 3.36. The molecule has 0 saturated heterocycles. The van der Waals surface area contributed by atoms with Gasteiger partial charge < -0.3 is 5.11 Å². The van der Waals surface area contributed by atoms with Crippen LogP contribution in [0.25, 0.3) is 0 Å². The Morgan fingerprint density at radius 1 is 1.31 bits per heavy atom. The van der Waals surface area contributed by atoms with Crippen molar-refractivity contribution in [3.05, 3.63) is 0 Å². The second kappa shape index (κ2) is 3.61. The van der Waals surface area contributed by atoms with E-state index in [9.17, 15) is 5.11 Å². The van der Waals surface area contributed by atoms with Crippen LogP contribution in [0, 0.1) is 11.3 Å². The Morgan fingerprint density at radius 2 is 1.77 bits per heavy atom. The molecule has 1 unspecified atom stereocenters. The molecule has 0 amide bonds. The summed E-state index contributed by atoms with van der Waals surface area (Å²) in [5.74, 6) is 0.366. The van der Waals surface area contributed by atoms with Crippen LogP contribution in [-0.2, 0) is 0 Å². The van der Waals surface area contributed by atoms with Crippen LogP contribution in [0.15, 0.2) is 0 Å². The van der Waals surface area contributed by atoms with Crippen molar-refractivity contribution >= 4 is 0 Å². The van der Waals surface area contributed by atoms with Crippen LogP contribution in [0.4, 0.5) is 0 Å². The first-order valence-corrected chi connectivity index (χ1v) is 5.58. The lowest BCUT2D eigenvalue weighted by atomic mass is 9.74. The summed E-state index contributed by atoms with van der Waals surface area (Å²) in [7, 11) is 0. The summed E-state index contributed by atoms with van der Waals surface area (Å²) in [6.07, 6.45) is 6.28. The van der Waals surface area contributed by atoms with Gasteiger partial charge in [-0.25, -0.2) is 0 Å². The Morgan fingerprint density at radius 3 is 2.15 bits per heavy atom. The molecule has 0 aromatic rings. The first-order valence-electron chi connectivity index (χ1n) is 5.58. The molecule has 1 N–H and O–H groups in total. The van der Waals surface area contributed by atoms with Crippen molar-refractivity contribution in [3.8, 4) is 0 Å². The lowest BCUT2D eigenvalue weighted by Gasteiger charge is -2.36. The lowest BCUT2D eigenvalue weighted by Crippen LogP contribution is -2.36. The Kier molecular flexibility index (Phi) is 3.06. The molecule has 0 bridgehead atoms. The summed E-state index contributed by atoms with van der Waals surface area (Å²) in [6.45, 7) is 8.54. The minimum atomic E-state index is -0.473. The molecular formula is C12H24O. The highest BCUT2D eigenvalue weighted by Crippen LogP contribution is 2.44. The van der Waals surface area contributed by atoms with Gasteiger partial charge in [-0.2, -0.15) is 0 Å². The monoisotopic (exact) mass is 184 g/mol. The lowest BCUT2D eigenvalue weighted by molar-refractivity contribution is -0.0275. The van der Waals surface area contributed by atoms with E-state index in [-0.39, 0.29) is 0 Å². The minimum Gasteiger partial charge on any atom is -0.390 e. The summed E-state index contributed by atoms with van der Waals surface area (Å²) in [6, 6.07) is 0. The molecule has 1 nitrogen and oxygen atoms in total. The summed E-state index contributed by atoms with van der Waals surface area (Å²) < 4.78 is 0. The smallest absolute Gasteiger partial charge is 0.0647 e. The fourth-order valence-corrected chi connectivity index (χ4v) is 2.47. The SMILES string of the molecule is CC(C)C(C)(O)CC1(C)CCCC1. The molecule has 0 heterocycles. The maximum absolute atomic E-state index is 10.2. The quantitative estimate of drug-likeness (QED) is 0.713. The van der Waals surface area contributed by atoms with E-state index in [0.717, 1.165) is 6.42 Å². The third-order valence-corrected chi connectivity index (χ3v) is 3.84. The van der Waals surface area contributed by atoms with Crippen molar-refractivity contribution in [1.82, 2.24) is 0 Å². The first kappa shape index (κ1) is 11.0. The number of aliphatic hydroxyl groups is 1. The fourth-order valence-electron chi connectivity index (χ4n) is 2.47. The maximum atomic E-state index is 10.2. The van der Waals surface area contributed by atoms with E-state index in [1.165, 1.54) is 25.7 Å². The van der Waals surface area contributed by atoms with Gasteiger partial charge in [0.05, 0.1) is 5.60 Å². The molecule has 0 aromatic carbocycles. The van der Waals surface area contributed by atoms with Crippen LogP contribution in [0.5, 0.6) is 0 Å². The molecule has 0 aliphatic heterocycles. The zero-order valence-electron chi connectivity index (χ0n) is 9.56. The molecular weight excluding hydrogens is 160 g/mol. The van der Waals surface area contributed by atoms with E-state index in [2.05, 4.69) is 20.8 Å². The van der Waals surface area contributed by atoms with Crippen molar-refractivity contribution in [2.45, 2.75) is 65.4 Å². The third-order valence-electron chi connectivity index (χ3n) is 3.84. The molecule has 1 heteroatoms. The highest BCUT2D eigenvalue weighted by atomic mass is 16.3. The van der Waals surface area contributed by atoms with Gasteiger partial charge in [0.15, 0.2) is 0 Å². The molecule has 1 rings (SSSR count). The zero-order chi connectivity index (χ0) is 10.1.